The molecule has 0 spiro atoms. The molecule has 1 aromatic heterocycles. The molecule has 3 aromatic rings. The molecular weight excluding hydrogens is 304 g/mol. The molecule has 0 atom stereocenters. The van der Waals surface area contributed by atoms with Gasteiger partial charge in [-0.3, -0.25) is 9.78 Å². The first-order chi connectivity index (χ1) is 11.6. The molecule has 2 heterocycles. The highest BCUT2D eigenvalue weighted by Gasteiger charge is 2.20. The van der Waals surface area contributed by atoms with E-state index >= 15 is 0 Å². The third kappa shape index (κ3) is 2.34. The number of carbonyl (C=O) groups excluding carboxylic acids is 1. The first kappa shape index (κ1) is 14.5. The third-order valence-electron chi connectivity index (χ3n) is 4.18. The number of amides is 1. The highest BCUT2D eigenvalue weighted by Crippen LogP contribution is 2.37. The summed E-state index contributed by atoms with van der Waals surface area (Å²) < 4.78 is 10.8. The molecule has 5 nitrogen and oxygen atoms in total. The van der Waals surface area contributed by atoms with E-state index in [9.17, 15) is 4.79 Å². The Labute approximate surface area is 139 Å². The number of carbonyl (C=O) groups is 1. The van der Waals surface area contributed by atoms with Gasteiger partial charge in [-0.1, -0.05) is 18.2 Å². The maximum Gasteiger partial charge on any atom is 0.257 e. The van der Waals surface area contributed by atoms with Crippen molar-refractivity contribution in [2.75, 3.05) is 12.1 Å². The van der Waals surface area contributed by atoms with E-state index in [1.54, 1.807) is 0 Å². The second kappa shape index (κ2) is 5.53. The molecule has 120 valence electrons. The zero-order valence-corrected chi connectivity index (χ0v) is 13.4. The fourth-order valence-electron chi connectivity index (χ4n) is 3.02. The molecular formula is C19H16N2O3. The van der Waals surface area contributed by atoms with Gasteiger partial charge in [-0.05, 0) is 37.6 Å². The highest BCUT2D eigenvalue weighted by molar-refractivity contribution is 6.08. The molecule has 0 saturated heterocycles. The molecule has 4 rings (SSSR count). The Morgan fingerprint density at radius 1 is 1.08 bits per heavy atom. The highest BCUT2D eigenvalue weighted by atomic mass is 16.7. The van der Waals surface area contributed by atoms with Crippen molar-refractivity contribution in [3.8, 4) is 11.5 Å². The molecule has 0 saturated carbocycles. The van der Waals surface area contributed by atoms with Gasteiger partial charge in [0.05, 0.1) is 16.8 Å². The van der Waals surface area contributed by atoms with Gasteiger partial charge in [0.25, 0.3) is 5.91 Å². The van der Waals surface area contributed by atoms with Gasteiger partial charge in [0, 0.05) is 17.1 Å². The van der Waals surface area contributed by atoms with Crippen LogP contribution in [0.25, 0.3) is 10.9 Å². The Kier molecular flexibility index (Phi) is 3.34. The number of pyridine rings is 1. The largest absolute Gasteiger partial charge is 0.454 e. The average molecular weight is 320 g/mol. The van der Waals surface area contributed by atoms with E-state index in [1.807, 2.05) is 56.3 Å². The predicted octanol–water partition coefficient (Wildman–Crippen LogP) is 3.83. The van der Waals surface area contributed by atoms with Gasteiger partial charge < -0.3 is 14.8 Å². The van der Waals surface area contributed by atoms with E-state index in [4.69, 9.17) is 9.47 Å². The molecule has 0 unspecified atom stereocenters. The van der Waals surface area contributed by atoms with Gasteiger partial charge in [0.1, 0.15) is 0 Å². The maximum absolute atomic E-state index is 12.7. The number of ether oxygens (including phenoxy) is 2. The van der Waals surface area contributed by atoms with Crippen LogP contribution in [-0.2, 0) is 0 Å². The third-order valence-corrected chi connectivity index (χ3v) is 4.18. The summed E-state index contributed by atoms with van der Waals surface area (Å²) in [6.45, 7) is 3.99. The van der Waals surface area contributed by atoms with Crippen LogP contribution in [0.2, 0.25) is 0 Å². The van der Waals surface area contributed by atoms with Crippen LogP contribution < -0.4 is 14.8 Å². The molecule has 0 fully saturated rings. The molecule has 0 radical (unpaired) electrons. The summed E-state index contributed by atoms with van der Waals surface area (Å²) in [4.78, 5) is 17.3. The van der Waals surface area contributed by atoms with Crippen molar-refractivity contribution < 1.29 is 14.3 Å². The molecule has 1 amide bonds. The number of hydrogen-bond acceptors (Lipinski definition) is 4. The Morgan fingerprint density at radius 2 is 1.79 bits per heavy atom. The summed E-state index contributed by atoms with van der Waals surface area (Å²) in [5, 5.41) is 3.81. The van der Waals surface area contributed by atoms with E-state index in [1.165, 1.54) is 0 Å². The monoisotopic (exact) mass is 320 g/mol. The van der Waals surface area contributed by atoms with Crippen LogP contribution in [0, 0.1) is 13.8 Å². The zero-order valence-electron chi connectivity index (χ0n) is 13.4. The predicted molar refractivity (Wildman–Crippen MR) is 91.7 cm³/mol. The smallest absolute Gasteiger partial charge is 0.257 e. The van der Waals surface area contributed by atoms with Gasteiger partial charge in [0.15, 0.2) is 11.5 Å². The molecule has 2 aromatic carbocycles. The van der Waals surface area contributed by atoms with Crippen molar-refractivity contribution in [1.82, 2.24) is 4.98 Å². The number of hydrogen-bond donors (Lipinski definition) is 1. The summed E-state index contributed by atoms with van der Waals surface area (Å²) in [6.07, 6.45) is 0. The van der Waals surface area contributed by atoms with Crippen molar-refractivity contribution in [2.45, 2.75) is 13.8 Å². The lowest BCUT2D eigenvalue weighted by Gasteiger charge is -2.13. The number of nitrogens with zero attached hydrogens (tertiary/aromatic N) is 1. The normalized spacial score (nSPS) is 12.4. The van der Waals surface area contributed by atoms with Crippen molar-refractivity contribution >= 4 is 22.5 Å². The fraction of sp³-hybridized carbons (Fsp3) is 0.158. The molecule has 1 N–H and O–H groups in total. The quantitative estimate of drug-likeness (QED) is 0.779. The topological polar surface area (TPSA) is 60.5 Å². The second-order valence-electron chi connectivity index (χ2n) is 5.74. The lowest BCUT2D eigenvalue weighted by Crippen LogP contribution is -2.16. The van der Waals surface area contributed by atoms with E-state index in [0.717, 1.165) is 22.2 Å². The van der Waals surface area contributed by atoms with E-state index in [2.05, 4.69) is 10.3 Å². The van der Waals surface area contributed by atoms with Crippen molar-refractivity contribution in [3.63, 3.8) is 0 Å². The van der Waals surface area contributed by atoms with Crippen LogP contribution >= 0.6 is 0 Å². The van der Waals surface area contributed by atoms with Crippen LogP contribution in [-0.4, -0.2) is 17.7 Å². The zero-order chi connectivity index (χ0) is 16.7. The minimum Gasteiger partial charge on any atom is -0.454 e. The number of fused-ring (bicyclic) bond motifs is 2. The van der Waals surface area contributed by atoms with Gasteiger partial charge in [0.2, 0.25) is 6.79 Å². The van der Waals surface area contributed by atoms with Crippen LogP contribution in [0.5, 0.6) is 11.5 Å². The Hall–Kier alpha value is -3.08. The minimum atomic E-state index is -0.164. The summed E-state index contributed by atoms with van der Waals surface area (Å²) in [6, 6.07) is 13.1. The Morgan fingerprint density at radius 3 is 2.54 bits per heavy atom. The number of rotatable bonds is 2. The first-order valence-corrected chi connectivity index (χ1v) is 7.70. The maximum atomic E-state index is 12.7. The number of aryl methyl sites for hydroxylation is 2. The lowest BCUT2D eigenvalue weighted by atomic mass is 10.0. The van der Waals surface area contributed by atoms with Gasteiger partial charge in [-0.15, -0.1) is 0 Å². The standard InChI is InChI=1S/C19H16N2O3/c1-11-14-8-16-17(24-10-23-16)9-15(14)20-12(2)18(11)19(22)21-13-6-4-3-5-7-13/h3-9H,10H2,1-2H3,(H,21,22). The van der Waals surface area contributed by atoms with Gasteiger partial charge in [-0.25, -0.2) is 0 Å². The molecule has 5 heteroatoms. The van der Waals surface area contributed by atoms with Gasteiger partial charge >= 0.3 is 0 Å². The first-order valence-electron chi connectivity index (χ1n) is 7.70. The number of nitrogens with one attached hydrogen (secondary N) is 1. The molecule has 0 bridgehead atoms. The van der Waals surface area contributed by atoms with E-state index in [0.29, 0.717) is 22.8 Å². The van der Waals surface area contributed by atoms with Crippen LogP contribution in [0.3, 0.4) is 0 Å². The number of aromatic nitrogens is 1. The SMILES string of the molecule is Cc1nc2cc3c(cc2c(C)c1C(=O)Nc1ccccc1)OCO3. The summed E-state index contributed by atoms with van der Waals surface area (Å²) >= 11 is 0. The van der Waals surface area contributed by atoms with Crippen molar-refractivity contribution in [3.05, 3.63) is 59.3 Å². The second-order valence-corrected chi connectivity index (χ2v) is 5.74. The number of anilines is 1. The van der Waals surface area contributed by atoms with E-state index in [-0.39, 0.29) is 12.7 Å². The Balaban J connectivity index is 1.80. The fourth-order valence-corrected chi connectivity index (χ4v) is 3.02. The van der Waals surface area contributed by atoms with Gasteiger partial charge in [-0.2, -0.15) is 0 Å². The number of benzene rings is 2. The average Bonchev–Trinajstić information content (AvgIpc) is 3.01. The minimum absolute atomic E-state index is 0.164. The number of para-hydroxylation sites is 1. The van der Waals surface area contributed by atoms with Crippen LogP contribution in [0.15, 0.2) is 42.5 Å². The molecule has 0 aliphatic carbocycles. The van der Waals surface area contributed by atoms with Crippen LogP contribution in [0.4, 0.5) is 5.69 Å². The lowest BCUT2D eigenvalue weighted by molar-refractivity contribution is 0.102. The summed E-state index contributed by atoms with van der Waals surface area (Å²) in [7, 11) is 0. The van der Waals surface area contributed by atoms with Crippen LogP contribution in [0.1, 0.15) is 21.6 Å². The van der Waals surface area contributed by atoms with Crippen molar-refractivity contribution in [2.24, 2.45) is 0 Å². The molecule has 1 aliphatic rings. The summed E-state index contributed by atoms with van der Waals surface area (Å²) in [5.74, 6) is 1.21. The molecule has 1 aliphatic heterocycles. The Bertz CT molecular complexity index is 952. The molecule has 24 heavy (non-hydrogen) atoms. The summed E-state index contributed by atoms with van der Waals surface area (Å²) in [5.41, 5.74) is 3.71. The van der Waals surface area contributed by atoms with E-state index < -0.39 is 0 Å². The van der Waals surface area contributed by atoms with Crippen molar-refractivity contribution in [1.29, 1.82) is 0 Å².